The minimum absolute atomic E-state index is 0. The van der Waals surface area contributed by atoms with Crippen molar-refractivity contribution < 1.29 is 70.8 Å². The van der Waals surface area contributed by atoms with Gasteiger partial charge in [0.1, 0.15) is 0 Å². The van der Waals surface area contributed by atoms with Crippen LogP contribution in [0, 0.1) is 0 Å². The summed E-state index contributed by atoms with van der Waals surface area (Å²) in [5.41, 5.74) is 0. The van der Waals surface area contributed by atoms with E-state index in [9.17, 15) is 0 Å². The molecule has 0 bridgehead atoms. The summed E-state index contributed by atoms with van der Waals surface area (Å²) in [5.74, 6) is 0. The third kappa shape index (κ3) is 131. The van der Waals surface area contributed by atoms with Gasteiger partial charge in [-0.15, -0.1) is 0 Å². The van der Waals surface area contributed by atoms with Crippen LogP contribution in [0.4, 0.5) is 0 Å². The van der Waals surface area contributed by atoms with Crippen LogP contribution < -0.4 is 0 Å². The van der Waals surface area contributed by atoms with E-state index in [0.717, 1.165) is 0 Å². The molecule has 7 heavy (non-hydrogen) atoms. The molecule has 0 saturated heterocycles. The van der Waals surface area contributed by atoms with Gasteiger partial charge >= 0.3 is 43.4 Å². The average Bonchev–Trinajstić information content (AvgIpc) is 0. The second-order valence-corrected chi connectivity index (χ2v) is 0. The summed E-state index contributed by atoms with van der Waals surface area (Å²) < 4.78 is 0. The predicted octanol–water partition coefficient (Wildman–Crippen LogP) is -0.599. The summed E-state index contributed by atoms with van der Waals surface area (Å²) in [6, 6.07) is 0. The molecule has 0 amide bonds. The summed E-state index contributed by atoms with van der Waals surface area (Å²) in [4.78, 5) is 0. The first-order valence-corrected chi connectivity index (χ1v) is 0. The number of hydrogen-bond acceptors (Lipinski definition) is 0. The van der Waals surface area contributed by atoms with Crippen LogP contribution in [0.2, 0.25) is 0 Å². The first-order chi connectivity index (χ1) is 0. The van der Waals surface area contributed by atoms with E-state index >= 15 is 0 Å². The molecule has 0 rings (SSSR count). The van der Waals surface area contributed by atoms with Crippen LogP contribution in [0.5, 0.6) is 0 Å². The average molecular weight is 176 g/mol. The van der Waals surface area contributed by atoms with Crippen molar-refractivity contribution in [3.8, 4) is 0 Å². The van der Waals surface area contributed by atoms with Crippen molar-refractivity contribution in [2.45, 2.75) is 0 Å². The standard InChI is InChI=1S/5O.2Ti/q5*-2;2*+5. The molecule has 0 aliphatic heterocycles. The fraction of sp³-hybridized carbons (Fsp3) is 0. The van der Waals surface area contributed by atoms with Crippen LogP contribution in [0.3, 0.4) is 0 Å². The van der Waals surface area contributed by atoms with Gasteiger partial charge in [0.2, 0.25) is 0 Å². The zero-order valence-corrected chi connectivity index (χ0v) is 6.16. The molecule has 7 heteroatoms. The maximum absolute atomic E-state index is 0. The molecule has 0 saturated carbocycles. The summed E-state index contributed by atoms with van der Waals surface area (Å²) >= 11 is 0. The van der Waals surface area contributed by atoms with Gasteiger partial charge in [-0.05, 0) is 0 Å². The van der Waals surface area contributed by atoms with Crippen molar-refractivity contribution in [1.82, 2.24) is 0 Å². The second-order valence-electron chi connectivity index (χ2n) is 0. The predicted molar refractivity (Wildman–Crippen MR) is 3.43 cm³/mol. The fourth-order valence-electron chi connectivity index (χ4n) is 0. The van der Waals surface area contributed by atoms with Crippen LogP contribution in [-0.2, 0) is 70.8 Å². The molecule has 0 unspecified atom stereocenters. The number of hydrogen-bond donors (Lipinski definition) is 0. The molecule has 0 aliphatic carbocycles. The molecular formula is O5Ti2. The summed E-state index contributed by atoms with van der Waals surface area (Å²) in [6.07, 6.45) is 0. The van der Waals surface area contributed by atoms with Crippen molar-refractivity contribution in [1.29, 1.82) is 0 Å². The third-order valence-electron chi connectivity index (χ3n) is 0. The fourth-order valence-corrected chi connectivity index (χ4v) is 0. The van der Waals surface area contributed by atoms with Gasteiger partial charge in [-0.2, -0.15) is 0 Å². The van der Waals surface area contributed by atoms with Gasteiger partial charge in [-0.1, -0.05) is 0 Å². The molecule has 38 valence electrons. The van der Waals surface area contributed by atoms with Gasteiger partial charge in [0.25, 0.3) is 0 Å². The minimum Gasteiger partial charge on any atom is -2.00 e. The molecular weight excluding hydrogens is 176 g/mol. The first kappa shape index (κ1) is 285. The van der Waals surface area contributed by atoms with E-state index in [4.69, 9.17) is 0 Å². The smallest absolute Gasteiger partial charge is 2.00 e. The van der Waals surface area contributed by atoms with Crippen LogP contribution in [0.1, 0.15) is 0 Å². The topological polar surface area (TPSA) is 142 Å². The van der Waals surface area contributed by atoms with E-state index in [2.05, 4.69) is 0 Å². The van der Waals surface area contributed by atoms with Crippen molar-refractivity contribution >= 4 is 0 Å². The Hall–Kier alpha value is 1.23. The van der Waals surface area contributed by atoms with Gasteiger partial charge < -0.3 is 27.4 Å². The largest absolute Gasteiger partial charge is 5.00 e. The quantitative estimate of drug-likeness (QED) is 0.434. The molecule has 0 spiro atoms. The molecule has 0 N–H and O–H groups in total. The molecule has 5 nitrogen and oxygen atoms in total. The van der Waals surface area contributed by atoms with Crippen LogP contribution >= 0.6 is 0 Å². The Morgan fingerprint density at radius 3 is 0.286 bits per heavy atom. The Kier molecular flexibility index (Phi) is 7560. The maximum atomic E-state index is 0. The SMILES string of the molecule is [O-2].[O-2].[O-2].[O-2].[O-2].[Ti+5].[Ti+5]. The van der Waals surface area contributed by atoms with E-state index in [0.29, 0.717) is 0 Å². The minimum atomic E-state index is 0. The van der Waals surface area contributed by atoms with E-state index < -0.39 is 0 Å². The summed E-state index contributed by atoms with van der Waals surface area (Å²) in [7, 11) is 0. The van der Waals surface area contributed by atoms with Gasteiger partial charge in [0.15, 0.2) is 0 Å². The first-order valence-electron chi connectivity index (χ1n) is 0. The van der Waals surface area contributed by atoms with Crippen molar-refractivity contribution in [3.05, 3.63) is 0 Å². The van der Waals surface area contributed by atoms with Gasteiger partial charge in [-0.3, -0.25) is 0 Å². The Bertz CT molecular complexity index is 6.04. The molecule has 0 aromatic carbocycles. The third-order valence-corrected chi connectivity index (χ3v) is 0. The van der Waals surface area contributed by atoms with Gasteiger partial charge in [-0.25, -0.2) is 0 Å². The van der Waals surface area contributed by atoms with E-state index in [1.807, 2.05) is 0 Å². The van der Waals surface area contributed by atoms with E-state index in [1.54, 1.807) is 0 Å². The normalized spacial score (nSPS) is 0. The van der Waals surface area contributed by atoms with Gasteiger partial charge in [0, 0.05) is 0 Å². The molecule has 0 atom stereocenters. The zero-order valence-electron chi connectivity index (χ0n) is 3.04. The van der Waals surface area contributed by atoms with Crippen molar-refractivity contribution in [2.24, 2.45) is 0 Å². The van der Waals surface area contributed by atoms with Crippen LogP contribution in [-0.4, -0.2) is 0 Å². The molecule has 0 aliphatic rings. The molecule has 0 heterocycles. The zero-order chi connectivity index (χ0) is 0. The Labute approximate surface area is 70.8 Å². The summed E-state index contributed by atoms with van der Waals surface area (Å²) in [6.45, 7) is 0. The monoisotopic (exact) mass is 176 g/mol. The maximum Gasteiger partial charge on any atom is 5.00 e. The van der Waals surface area contributed by atoms with Crippen molar-refractivity contribution in [3.63, 3.8) is 0 Å². The van der Waals surface area contributed by atoms with Gasteiger partial charge in [0.05, 0.1) is 0 Å². The van der Waals surface area contributed by atoms with Crippen LogP contribution in [0.25, 0.3) is 0 Å². The summed E-state index contributed by atoms with van der Waals surface area (Å²) in [5, 5.41) is 0. The molecule has 0 fully saturated rings. The number of rotatable bonds is 0. The van der Waals surface area contributed by atoms with Crippen LogP contribution in [0.15, 0.2) is 0 Å². The Morgan fingerprint density at radius 1 is 0.286 bits per heavy atom. The second kappa shape index (κ2) is 186. The Morgan fingerprint density at radius 2 is 0.286 bits per heavy atom. The van der Waals surface area contributed by atoms with E-state index in [-0.39, 0.29) is 70.8 Å². The van der Waals surface area contributed by atoms with Crippen molar-refractivity contribution in [2.75, 3.05) is 0 Å². The molecule has 0 aromatic rings. The molecule has 0 aromatic heterocycles. The van der Waals surface area contributed by atoms with E-state index in [1.165, 1.54) is 0 Å². The Balaban J connectivity index is 0. The molecule has 0 radical (unpaired) electrons.